The van der Waals surface area contributed by atoms with Gasteiger partial charge >= 0.3 is 5.97 Å². The van der Waals surface area contributed by atoms with Crippen molar-refractivity contribution < 1.29 is 19.2 Å². The summed E-state index contributed by atoms with van der Waals surface area (Å²) in [4.78, 5) is 33.4. The van der Waals surface area contributed by atoms with Gasteiger partial charge in [0, 0.05) is 24.8 Å². The second-order valence-electron chi connectivity index (χ2n) is 5.38. The molecule has 0 aliphatic carbocycles. The third kappa shape index (κ3) is 6.56. The molecule has 2 aromatic rings. The van der Waals surface area contributed by atoms with Gasteiger partial charge in [-0.15, -0.1) is 0 Å². The zero-order valence-electron chi connectivity index (χ0n) is 14.0. The molecule has 0 aromatic heterocycles. The van der Waals surface area contributed by atoms with Crippen LogP contribution in [0.5, 0.6) is 0 Å². The van der Waals surface area contributed by atoms with E-state index in [9.17, 15) is 19.7 Å². The zero-order valence-corrected chi connectivity index (χ0v) is 14.0. The summed E-state index contributed by atoms with van der Waals surface area (Å²) in [5.41, 5.74) is 1.52. The number of non-ortho nitro benzene ring substituents is 1. The molecule has 0 bridgehead atoms. The molecule has 0 aliphatic rings. The third-order valence-corrected chi connectivity index (χ3v) is 3.42. The monoisotopic (exact) mass is 354 g/mol. The van der Waals surface area contributed by atoms with Crippen molar-refractivity contribution in [3.8, 4) is 0 Å². The van der Waals surface area contributed by atoms with Crippen LogP contribution < -0.4 is 5.32 Å². The van der Waals surface area contributed by atoms with Crippen molar-refractivity contribution in [2.24, 2.45) is 0 Å². The molecule has 0 saturated carbocycles. The van der Waals surface area contributed by atoms with E-state index in [-0.39, 0.29) is 12.3 Å². The standard InChI is InChI=1S/C19H18N2O5/c22-18(20-12-11-15-5-2-1-3-6-15)14-26-19(23)10-9-16-7-4-8-17(13-16)21(24)25/h1-10,13H,11-12,14H2,(H,20,22)/b10-9+. The summed E-state index contributed by atoms with van der Waals surface area (Å²) in [6.07, 6.45) is 3.20. The maximum Gasteiger partial charge on any atom is 0.331 e. The van der Waals surface area contributed by atoms with Crippen molar-refractivity contribution in [2.45, 2.75) is 6.42 Å². The number of hydrogen-bond acceptors (Lipinski definition) is 5. The van der Waals surface area contributed by atoms with Gasteiger partial charge in [0.1, 0.15) is 0 Å². The molecule has 26 heavy (non-hydrogen) atoms. The Labute approximate surface area is 150 Å². The van der Waals surface area contributed by atoms with Crippen LogP contribution in [0.4, 0.5) is 5.69 Å². The van der Waals surface area contributed by atoms with Crippen molar-refractivity contribution in [1.29, 1.82) is 0 Å². The van der Waals surface area contributed by atoms with Crippen LogP contribution >= 0.6 is 0 Å². The van der Waals surface area contributed by atoms with Crippen LogP contribution in [0.3, 0.4) is 0 Å². The van der Waals surface area contributed by atoms with E-state index in [0.29, 0.717) is 18.5 Å². The Bertz CT molecular complexity index is 803. The van der Waals surface area contributed by atoms with Crippen LogP contribution in [0, 0.1) is 10.1 Å². The summed E-state index contributed by atoms with van der Waals surface area (Å²) in [6, 6.07) is 15.5. The van der Waals surface area contributed by atoms with Crippen LogP contribution in [-0.4, -0.2) is 30.0 Å². The van der Waals surface area contributed by atoms with Crippen molar-refractivity contribution >= 4 is 23.6 Å². The van der Waals surface area contributed by atoms with Gasteiger partial charge in [0.25, 0.3) is 11.6 Å². The lowest BCUT2D eigenvalue weighted by Crippen LogP contribution is -2.30. The van der Waals surface area contributed by atoms with E-state index in [2.05, 4.69) is 5.32 Å². The molecule has 0 saturated heterocycles. The summed E-state index contributed by atoms with van der Waals surface area (Å²) in [5.74, 6) is -1.09. The third-order valence-electron chi connectivity index (χ3n) is 3.42. The predicted octanol–water partition coefficient (Wildman–Crippen LogP) is 2.51. The van der Waals surface area contributed by atoms with Gasteiger partial charge < -0.3 is 10.1 Å². The molecule has 7 nitrogen and oxygen atoms in total. The number of nitrogens with one attached hydrogen (secondary N) is 1. The summed E-state index contributed by atoms with van der Waals surface area (Å²) in [5, 5.41) is 13.4. The maximum atomic E-state index is 11.6. The average molecular weight is 354 g/mol. The normalized spacial score (nSPS) is 10.5. The minimum Gasteiger partial charge on any atom is -0.452 e. The Kier molecular flexibility index (Phi) is 7.05. The van der Waals surface area contributed by atoms with Gasteiger partial charge in [-0.1, -0.05) is 42.5 Å². The summed E-state index contributed by atoms with van der Waals surface area (Å²) < 4.78 is 4.83. The van der Waals surface area contributed by atoms with Crippen LogP contribution in [0.2, 0.25) is 0 Å². The van der Waals surface area contributed by atoms with Crippen molar-refractivity contribution in [1.82, 2.24) is 5.32 Å². The SMILES string of the molecule is O=C(COC(=O)/C=C/c1cccc([N+](=O)[O-])c1)NCCc1ccccc1. The molecule has 0 spiro atoms. The second kappa shape index (κ2) is 9.73. The average Bonchev–Trinajstić information content (AvgIpc) is 2.66. The largest absolute Gasteiger partial charge is 0.452 e. The van der Waals surface area contributed by atoms with Crippen molar-refractivity contribution in [3.63, 3.8) is 0 Å². The summed E-state index contributed by atoms with van der Waals surface area (Å²) in [6.45, 7) is 0.0663. The molecule has 0 fully saturated rings. The molecular weight excluding hydrogens is 336 g/mol. The molecule has 2 aromatic carbocycles. The Hall–Kier alpha value is -3.48. The molecule has 1 amide bonds. The van der Waals surface area contributed by atoms with Crippen LogP contribution in [0.15, 0.2) is 60.7 Å². The fraction of sp³-hybridized carbons (Fsp3) is 0.158. The Morgan fingerprint density at radius 1 is 1.12 bits per heavy atom. The molecular formula is C19H18N2O5. The first kappa shape index (κ1) is 18.9. The van der Waals surface area contributed by atoms with E-state index in [1.165, 1.54) is 24.3 Å². The molecule has 2 rings (SSSR count). The number of carbonyl (C=O) groups is 2. The van der Waals surface area contributed by atoms with E-state index in [1.807, 2.05) is 30.3 Å². The lowest BCUT2D eigenvalue weighted by molar-refractivity contribution is -0.384. The highest BCUT2D eigenvalue weighted by Gasteiger charge is 2.06. The highest BCUT2D eigenvalue weighted by atomic mass is 16.6. The molecule has 0 atom stereocenters. The van der Waals surface area contributed by atoms with Gasteiger partial charge in [0.2, 0.25) is 0 Å². The number of ether oxygens (including phenoxy) is 1. The minimum absolute atomic E-state index is 0.0710. The first-order valence-electron chi connectivity index (χ1n) is 7.94. The number of hydrogen-bond donors (Lipinski definition) is 1. The van der Waals surface area contributed by atoms with Crippen LogP contribution in [0.25, 0.3) is 6.08 Å². The van der Waals surface area contributed by atoms with Gasteiger partial charge in [-0.25, -0.2) is 4.79 Å². The Morgan fingerprint density at radius 2 is 1.88 bits per heavy atom. The smallest absolute Gasteiger partial charge is 0.331 e. The van der Waals surface area contributed by atoms with E-state index in [1.54, 1.807) is 6.07 Å². The van der Waals surface area contributed by atoms with Gasteiger partial charge in [-0.05, 0) is 23.6 Å². The predicted molar refractivity (Wildman–Crippen MR) is 96.2 cm³/mol. The first-order chi connectivity index (χ1) is 12.5. The molecule has 7 heteroatoms. The molecule has 0 aliphatic heterocycles. The van der Waals surface area contributed by atoms with Crippen LogP contribution in [0.1, 0.15) is 11.1 Å². The highest BCUT2D eigenvalue weighted by molar-refractivity contribution is 5.89. The van der Waals surface area contributed by atoms with E-state index in [0.717, 1.165) is 11.6 Å². The number of benzene rings is 2. The van der Waals surface area contributed by atoms with Crippen molar-refractivity contribution in [2.75, 3.05) is 13.2 Å². The maximum absolute atomic E-state index is 11.6. The number of nitrogens with zero attached hydrogens (tertiary/aromatic N) is 1. The van der Waals surface area contributed by atoms with Crippen LogP contribution in [-0.2, 0) is 20.7 Å². The number of amides is 1. The summed E-state index contributed by atoms with van der Waals surface area (Å²) in [7, 11) is 0. The zero-order chi connectivity index (χ0) is 18.8. The van der Waals surface area contributed by atoms with Gasteiger partial charge in [0.15, 0.2) is 6.61 Å². The van der Waals surface area contributed by atoms with Gasteiger partial charge in [0.05, 0.1) is 4.92 Å². The lowest BCUT2D eigenvalue weighted by atomic mass is 10.1. The van der Waals surface area contributed by atoms with Crippen molar-refractivity contribution in [3.05, 3.63) is 81.9 Å². The fourth-order valence-electron chi connectivity index (χ4n) is 2.13. The quantitative estimate of drug-likeness (QED) is 0.340. The molecule has 0 heterocycles. The summed E-state index contributed by atoms with van der Waals surface area (Å²) >= 11 is 0. The Balaban J connectivity index is 1.71. The van der Waals surface area contributed by atoms with E-state index < -0.39 is 16.8 Å². The molecule has 134 valence electrons. The Morgan fingerprint density at radius 3 is 2.62 bits per heavy atom. The topological polar surface area (TPSA) is 98.5 Å². The van der Waals surface area contributed by atoms with E-state index >= 15 is 0 Å². The number of nitro groups is 1. The number of carbonyl (C=O) groups excluding carboxylic acids is 2. The van der Waals surface area contributed by atoms with Gasteiger partial charge in [-0.2, -0.15) is 0 Å². The van der Waals surface area contributed by atoms with E-state index in [4.69, 9.17) is 4.74 Å². The first-order valence-corrected chi connectivity index (χ1v) is 7.94. The second-order valence-corrected chi connectivity index (χ2v) is 5.38. The minimum atomic E-state index is -0.699. The number of esters is 1. The fourth-order valence-corrected chi connectivity index (χ4v) is 2.13. The lowest BCUT2D eigenvalue weighted by Gasteiger charge is -2.05. The molecule has 0 radical (unpaired) electrons. The highest BCUT2D eigenvalue weighted by Crippen LogP contribution is 2.14. The molecule has 0 unspecified atom stereocenters. The number of nitro benzene ring substituents is 1. The molecule has 1 N–H and O–H groups in total. The number of rotatable bonds is 8. The van der Waals surface area contributed by atoms with Gasteiger partial charge in [-0.3, -0.25) is 14.9 Å².